The molecule has 0 fully saturated rings. The Bertz CT molecular complexity index is 988. The highest BCUT2D eigenvalue weighted by atomic mass is 35.5. The maximum atomic E-state index is 13.3. The number of hydrogen-bond donors (Lipinski definition) is 0. The smallest absolute Gasteiger partial charge is 0.161 e. The zero-order valence-electron chi connectivity index (χ0n) is 15.8. The Kier molecular flexibility index (Phi) is 6.66. The lowest BCUT2D eigenvalue weighted by molar-refractivity contribution is 0.269. The second-order valence-electron chi connectivity index (χ2n) is 6.25. The molecule has 0 aliphatic rings. The molecule has 0 saturated carbocycles. The van der Waals surface area contributed by atoms with Crippen molar-refractivity contribution in [3.63, 3.8) is 0 Å². The van der Waals surface area contributed by atoms with Crippen molar-refractivity contribution in [3.05, 3.63) is 88.2 Å². The second kappa shape index (κ2) is 9.38. The Morgan fingerprint density at radius 2 is 1.86 bits per heavy atom. The van der Waals surface area contributed by atoms with Gasteiger partial charge in [-0.3, -0.25) is 4.99 Å². The first-order valence-corrected chi connectivity index (χ1v) is 9.37. The molecule has 3 nitrogen and oxygen atoms in total. The van der Waals surface area contributed by atoms with Gasteiger partial charge in [0.25, 0.3) is 0 Å². The van der Waals surface area contributed by atoms with Crippen molar-refractivity contribution in [2.24, 2.45) is 4.99 Å². The van der Waals surface area contributed by atoms with Crippen LogP contribution >= 0.6 is 11.6 Å². The number of hydrogen-bond acceptors (Lipinski definition) is 3. The molecule has 0 aromatic heterocycles. The van der Waals surface area contributed by atoms with Crippen LogP contribution in [-0.2, 0) is 6.61 Å². The molecule has 28 heavy (non-hydrogen) atoms. The van der Waals surface area contributed by atoms with Gasteiger partial charge in [-0.1, -0.05) is 29.8 Å². The highest BCUT2D eigenvalue weighted by Gasteiger charge is 2.07. The summed E-state index contributed by atoms with van der Waals surface area (Å²) >= 11 is 6.14. The van der Waals surface area contributed by atoms with E-state index in [9.17, 15) is 4.39 Å². The van der Waals surface area contributed by atoms with E-state index in [1.807, 2.05) is 56.3 Å². The molecule has 3 aromatic rings. The standard InChI is InChI=1S/C23H21ClFNO2/c1-3-27-23-12-17(14-26-20-9-7-16(2)21(24)13-20)8-10-22(23)28-15-18-5-4-6-19(25)11-18/h4-14H,3,15H2,1-2H3. The molecule has 0 saturated heterocycles. The third-order valence-corrected chi connectivity index (χ3v) is 4.48. The van der Waals surface area contributed by atoms with E-state index in [0.29, 0.717) is 23.1 Å². The fraction of sp³-hybridized carbons (Fsp3) is 0.174. The van der Waals surface area contributed by atoms with Gasteiger partial charge in [0.1, 0.15) is 12.4 Å². The molecule has 0 radical (unpaired) electrons. The SMILES string of the molecule is CCOc1cc(C=Nc2ccc(C)c(Cl)c2)ccc1OCc1cccc(F)c1. The lowest BCUT2D eigenvalue weighted by Crippen LogP contribution is -2.00. The summed E-state index contributed by atoms with van der Waals surface area (Å²) < 4.78 is 24.8. The molecule has 144 valence electrons. The molecule has 0 aliphatic carbocycles. The molecule has 0 atom stereocenters. The van der Waals surface area contributed by atoms with E-state index in [1.54, 1.807) is 12.3 Å². The molecule has 0 unspecified atom stereocenters. The number of ether oxygens (including phenoxy) is 2. The van der Waals surface area contributed by atoms with Crippen LogP contribution in [0, 0.1) is 12.7 Å². The van der Waals surface area contributed by atoms with Gasteiger partial charge in [0.2, 0.25) is 0 Å². The summed E-state index contributed by atoms with van der Waals surface area (Å²) in [6.07, 6.45) is 1.75. The highest BCUT2D eigenvalue weighted by Crippen LogP contribution is 2.29. The summed E-state index contributed by atoms with van der Waals surface area (Å²) in [4.78, 5) is 4.47. The summed E-state index contributed by atoms with van der Waals surface area (Å²) in [6.45, 7) is 4.62. The van der Waals surface area contributed by atoms with Crippen LogP contribution in [0.25, 0.3) is 0 Å². The fourth-order valence-electron chi connectivity index (χ4n) is 2.59. The van der Waals surface area contributed by atoms with Gasteiger partial charge >= 0.3 is 0 Å². The van der Waals surface area contributed by atoms with Crippen molar-refractivity contribution >= 4 is 23.5 Å². The fourth-order valence-corrected chi connectivity index (χ4v) is 2.77. The normalized spacial score (nSPS) is 11.0. The molecule has 0 heterocycles. The van der Waals surface area contributed by atoms with Crippen LogP contribution in [-0.4, -0.2) is 12.8 Å². The summed E-state index contributed by atoms with van der Waals surface area (Å²) in [5.41, 5.74) is 3.42. The van der Waals surface area contributed by atoms with Gasteiger partial charge in [-0.15, -0.1) is 0 Å². The van der Waals surface area contributed by atoms with Crippen molar-refractivity contribution in [2.75, 3.05) is 6.61 Å². The number of rotatable bonds is 7. The summed E-state index contributed by atoms with van der Waals surface area (Å²) in [7, 11) is 0. The number of nitrogens with zero attached hydrogens (tertiary/aromatic N) is 1. The number of aryl methyl sites for hydroxylation is 1. The van der Waals surface area contributed by atoms with E-state index in [2.05, 4.69) is 4.99 Å². The molecular formula is C23H21ClFNO2. The Balaban J connectivity index is 1.76. The second-order valence-corrected chi connectivity index (χ2v) is 6.66. The minimum Gasteiger partial charge on any atom is -0.490 e. The van der Waals surface area contributed by atoms with Gasteiger partial charge in [0, 0.05) is 11.2 Å². The van der Waals surface area contributed by atoms with Gasteiger partial charge in [0.15, 0.2) is 11.5 Å². The maximum Gasteiger partial charge on any atom is 0.161 e. The minimum atomic E-state index is -0.283. The highest BCUT2D eigenvalue weighted by molar-refractivity contribution is 6.31. The predicted molar refractivity (Wildman–Crippen MR) is 112 cm³/mol. The van der Waals surface area contributed by atoms with Crippen LogP contribution < -0.4 is 9.47 Å². The lowest BCUT2D eigenvalue weighted by atomic mass is 10.2. The third-order valence-electron chi connectivity index (χ3n) is 4.07. The van der Waals surface area contributed by atoms with Crippen molar-refractivity contribution in [3.8, 4) is 11.5 Å². The van der Waals surface area contributed by atoms with E-state index in [4.69, 9.17) is 21.1 Å². The average molecular weight is 398 g/mol. The first kappa shape index (κ1) is 19.9. The number of benzene rings is 3. The van der Waals surface area contributed by atoms with Gasteiger partial charge < -0.3 is 9.47 Å². The quantitative estimate of drug-likeness (QED) is 0.425. The monoisotopic (exact) mass is 397 g/mol. The zero-order chi connectivity index (χ0) is 19.9. The van der Waals surface area contributed by atoms with Crippen LogP contribution in [0.4, 0.5) is 10.1 Å². The Morgan fingerprint density at radius 1 is 1.00 bits per heavy atom. The number of halogens is 2. The molecule has 0 aliphatic heterocycles. The largest absolute Gasteiger partial charge is 0.490 e. The van der Waals surface area contributed by atoms with Gasteiger partial charge in [-0.2, -0.15) is 0 Å². The molecule has 3 aromatic carbocycles. The van der Waals surface area contributed by atoms with Crippen LogP contribution in [0.15, 0.2) is 65.7 Å². The first-order chi connectivity index (χ1) is 13.5. The molecule has 3 rings (SSSR count). The van der Waals surface area contributed by atoms with Crippen molar-refractivity contribution in [1.29, 1.82) is 0 Å². The minimum absolute atomic E-state index is 0.257. The van der Waals surface area contributed by atoms with E-state index in [-0.39, 0.29) is 12.4 Å². The molecule has 0 bridgehead atoms. The third kappa shape index (κ3) is 5.33. The van der Waals surface area contributed by atoms with Crippen LogP contribution in [0.3, 0.4) is 0 Å². The van der Waals surface area contributed by atoms with E-state index >= 15 is 0 Å². The van der Waals surface area contributed by atoms with Gasteiger partial charge in [-0.05, 0) is 73.0 Å². The molecule has 0 amide bonds. The Labute approximate surface area is 169 Å². The average Bonchev–Trinajstić information content (AvgIpc) is 2.68. The lowest BCUT2D eigenvalue weighted by Gasteiger charge is -2.12. The summed E-state index contributed by atoms with van der Waals surface area (Å²) in [5, 5.41) is 0.686. The first-order valence-electron chi connectivity index (χ1n) is 8.99. The van der Waals surface area contributed by atoms with Crippen molar-refractivity contribution in [1.82, 2.24) is 0 Å². The maximum absolute atomic E-state index is 13.3. The predicted octanol–water partition coefficient (Wildman–Crippen LogP) is 6.52. The summed E-state index contributed by atoms with van der Waals surface area (Å²) in [5.74, 6) is 0.931. The number of aliphatic imine (C=N–C) groups is 1. The Morgan fingerprint density at radius 3 is 2.61 bits per heavy atom. The van der Waals surface area contributed by atoms with Crippen LogP contribution in [0.1, 0.15) is 23.6 Å². The van der Waals surface area contributed by atoms with Crippen LogP contribution in [0.5, 0.6) is 11.5 Å². The zero-order valence-corrected chi connectivity index (χ0v) is 16.5. The van der Waals surface area contributed by atoms with Gasteiger partial charge in [0.05, 0.1) is 12.3 Å². The van der Waals surface area contributed by atoms with Gasteiger partial charge in [-0.25, -0.2) is 4.39 Å². The topological polar surface area (TPSA) is 30.8 Å². The molecule has 0 spiro atoms. The van der Waals surface area contributed by atoms with Crippen LogP contribution in [0.2, 0.25) is 5.02 Å². The summed E-state index contributed by atoms with van der Waals surface area (Å²) in [6, 6.07) is 17.6. The molecule has 0 N–H and O–H groups in total. The molecular weight excluding hydrogens is 377 g/mol. The van der Waals surface area contributed by atoms with Crippen molar-refractivity contribution < 1.29 is 13.9 Å². The molecule has 5 heteroatoms. The van der Waals surface area contributed by atoms with E-state index in [0.717, 1.165) is 22.4 Å². The van der Waals surface area contributed by atoms with E-state index < -0.39 is 0 Å². The van der Waals surface area contributed by atoms with E-state index in [1.165, 1.54) is 12.1 Å². The van der Waals surface area contributed by atoms with Crippen molar-refractivity contribution in [2.45, 2.75) is 20.5 Å². The Hall–Kier alpha value is -2.85.